The lowest BCUT2D eigenvalue weighted by Gasteiger charge is -2.32. The minimum absolute atomic E-state index is 0.00346. The maximum absolute atomic E-state index is 12.3. The number of hydrogen-bond donors (Lipinski definition) is 2. The molecule has 0 saturated carbocycles. The van der Waals surface area contributed by atoms with Gasteiger partial charge < -0.3 is 29.9 Å². The van der Waals surface area contributed by atoms with Crippen LogP contribution in [0.4, 0.5) is 11.6 Å². The number of methoxy groups -OCH3 is 1. The Bertz CT molecular complexity index is 1160. The van der Waals surface area contributed by atoms with Gasteiger partial charge in [-0.1, -0.05) is 0 Å². The van der Waals surface area contributed by atoms with Crippen LogP contribution in [0, 0.1) is 0 Å². The first-order valence-corrected chi connectivity index (χ1v) is 11.7. The number of ether oxygens (including phenoxy) is 2. The van der Waals surface area contributed by atoms with Crippen LogP contribution in [0.3, 0.4) is 0 Å². The van der Waals surface area contributed by atoms with Crippen LogP contribution in [0.15, 0.2) is 42.5 Å². The first-order chi connectivity index (χ1) is 16.6. The van der Waals surface area contributed by atoms with E-state index in [1.165, 1.54) is 0 Å². The van der Waals surface area contributed by atoms with Gasteiger partial charge in [-0.3, -0.25) is 4.79 Å². The van der Waals surface area contributed by atoms with Gasteiger partial charge in [0.15, 0.2) is 0 Å². The van der Waals surface area contributed by atoms with E-state index >= 15 is 0 Å². The summed E-state index contributed by atoms with van der Waals surface area (Å²) in [6.45, 7) is 4.64. The molecule has 2 aromatic carbocycles. The second kappa shape index (κ2) is 9.82. The van der Waals surface area contributed by atoms with Gasteiger partial charge in [-0.2, -0.15) is 4.98 Å². The van der Waals surface area contributed by atoms with Gasteiger partial charge in [-0.15, -0.1) is 0 Å². The molecule has 0 aliphatic carbocycles. The number of anilines is 2. The maximum atomic E-state index is 12.3. The van der Waals surface area contributed by atoms with Crippen LogP contribution >= 0.6 is 0 Å². The number of rotatable bonds is 6. The molecular weight excluding hydrogens is 432 g/mol. The van der Waals surface area contributed by atoms with Gasteiger partial charge in [0.25, 0.3) is 0 Å². The molecule has 2 aliphatic heterocycles. The monoisotopic (exact) mass is 462 g/mol. The second-order valence-electron chi connectivity index (χ2n) is 8.77. The van der Waals surface area contributed by atoms with Crippen molar-refractivity contribution in [2.45, 2.75) is 18.9 Å². The Kier molecular flexibility index (Phi) is 6.46. The molecule has 1 atom stereocenters. The molecule has 3 heterocycles. The van der Waals surface area contributed by atoms with E-state index < -0.39 is 0 Å². The Morgan fingerprint density at radius 2 is 1.82 bits per heavy atom. The van der Waals surface area contributed by atoms with Crippen LogP contribution in [-0.4, -0.2) is 73.7 Å². The van der Waals surface area contributed by atoms with Crippen LogP contribution in [0.25, 0.3) is 10.9 Å². The van der Waals surface area contributed by atoms with E-state index in [4.69, 9.17) is 14.5 Å². The number of benzene rings is 2. The van der Waals surface area contributed by atoms with Gasteiger partial charge in [0.2, 0.25) is 17.7 Å². The topological polar surface area (TPSA) is 91.8 Å². The largest absolute Gasteiger partial charge is 0.480 e. The fourth-order valence-electron chi connectivity index (χ4n) is 4.31. The number of hydrogen-bond acceptors (Lipinski definition) is 8. The van der Waals surface area contributed by atoms with Gasteiger partial charge in [-0.25, -0.2) is 4.98 Å². The summed E-state index contributed by atoms with van der Waals surface area (Å²) in [5.74, 6) is 2.56. The number of nitrogens with zero attached hydrogens (tertiary/aromatic N) is 4. The first kappa shape index (κ1) is 22.4. The summed E-state index contributed by atoms with van der Waals surface area (Å²) >= 11 is 0. The molecule has 0 bridgehead atoms. The van der Waals surface area contributed by atoms with Gasteiger partial charge in [-0.05, 0) is 68.9 Å². The minimum atomic E-state index is -0.109. The normalized spacial score (nSPS) is 18.8. The quantitative estimate of drug-likeness (QED) is 0.578. The Balaban J connectivity index is 1.30. The smallest absolute Gasteiger partial charge is 0.241 e. The lowest BCUT2D eigenvalue weighted by molar-refractivity contribution is -0.117. The fraction of sp³-hybridized carbons (Fsp3) is 0.400. The highest BCUT2D eigenvalue weighted by molar-refractivity contribution is 5.95. The summed E-state index contributed by atoms with van der Waals surface area (Å²) in [4.78, 5) is 26.2. The molecule has 0 radical (unpaired) electrons. The zero-order chi connectivity index (χ0) is 23.5. The number of nitrogens with one attached hydrogen (secondary N) is 2. The fourth-order valence-corrected chi connectivity index (χ4v) is 4.31. The highest BCUT2D eigenvalue weighted by Crippen LogP contribution is 2.31. The van der Waals surface area contributed by atoms with Gasteiger partial charge in [0.1, 0.15) is 11.5 Å². The van der Waals surface area contributed by atoms with Crippen LogP contribution in [0.5, 0.6) is 17.4 Å². The van der Waals surface area contributed by atoms with Gasteiger partial charge in [0.05, 0.1) is 24.1 Å². The zero-order valence-electron chi connectivity index (χ0n) is 19.6. The van der Waals surface area contributed by atoms with Crippen molar-refractivity contribution in [3.05, 3.63) is 42.5 Å². The molecule has 0 unspecified atom stereocenters. The number of carbonyl (C=O) groups is 1. The lowest BCUT2D eigenvalue weighted by Crippen LogP contribution is -2.45. The van der Waals surface area contributed by atoms with E-state index in [-0.39, 0.29) is 11.9 Å². The molecule has 5 rings (SSSR count). The molecule has 0 spiro atoms. The molecular formula is C25H30N6O3. The summed E-state index contributed by atoms with van der Waals surface area (Å²) in [6, 6.07) is 13.0. The molecule has 2 saturated heterocycles. The van der Waals surface area contributed by atoms with Crippen molar-refractivity contribution >= 4 is 28.4 Å². The van der Waals surface area contributed by atoms with E-state index in [0.717, 1.165) is 62.2 Å². The van der Waals surface area contributed by atoms with Crippen LogP contribution in [0.2, 0.25) is 0 Å². The number of amides is 1. The third-order valence-electron chi connectivity index (χ3n) is 6.33. The number of fused-ring (bicyclic) bond motifs is 1. The Morgan fingerprint density at radius 3 is 2.53 bits per heavy atom. The van der Waals surface area contributed by atoms with Gasteiger partial charge in [0, 0.05) is 31.9 Å². The average Bonchev–Trinajstić information content (AvgIpc) is 3.40. The zero-order valence-corrected chi connectivity index (χ0v) is 19.6. The summed E-state index contributed by atoms with van der Waals surface area (Å²) in [5.41, 5.74) is 1.56. The predicted octanol–water partition coefficient (Wildman–Crippen LogP) is 2.87. The standard InChI is InChI=1S/C25H30N6O3/c1-30-12-14-31(15-13-30)25-28-21-10-9-19(16-20(21)24(29-25)33-2)34-18-7-5-17(6-8-18)27-23(32)22-4-3-11-26-22/h5-10,16,22,26H,3-4,11-15H2,1-2H3,(H,27,32)/t22-/m0/s1. The Morgan fingerprint density at radius 1 is 1.06 bits per heavy atom. The Hall–Kier alpha value is -3.43. The third kappa shape index (κ3) is 4.90. The van der Waals surface area contributed by atoms with E-state index in [0.29, 0.717) is 23.3 Å². The molecule has 9 nitrogen and oxygen atoms in total. The lowest BCUT2D eigenvalue weighted by atomic mass is 10.2. The van der Waals surface area contributed by atoms with Crippen molar-refractivity contribution in [1.29, 1.82) is 0 Å². The molecule has 2 aliphatic rings. The molecule has 9 heteroatoms. The van der Waals surface area contributed by atoms with Crippen molar-refractivity contribution < 1.29 is 14.3 Å². The van der Waals surface area contributed by atoms with Crippen molar-refractivity contribution in [2.75, 3.05) is 57.1 Å². The van der Waals surface area contributed by atoms with Crippen molar-refractivity contribution in [2.24, 2.45) is 0 Å². The summed E-state index contributed by atoms with van der Waals surface area (Å²) in [7, 11) is 3.75. The van der Waals surface area contributed by atoms with Crippen molar-refractivity contribution in [1.82, 2.24) is 20.2 Å². The minimum Gasteiger partial charge on any atom is -0.480 e. The SMILES string of the molecule is COc1nc(N2CCN(C)CC2)nc2ccc(Oc3ccc(NC(=O)[C@@H]4CCCN4)cc3)cc12. The van der Waals surface area contributed by atoms with E-state index in [1.807, 2.05) is 42.5 Å². The molecule has 178 valence electrons. The predicted molar refractivity (Wildman–Crippen MR) is 132 cm³/mol. The number of carbonyl (C=O) groups excluding carboxylic acids is 1. The maximum Gasteiger partial charge on any atom is 0.241 e. The molecule has 2 N–H and O–H groups in total. The summed E-state index contributed by atoms with van der Waals surface area (Å²) in [6.07, 6.45) is 1.91. The molecule has 3 aromatic rings. The second-order valence-corrected chi connectivity index (χ2v) is 8.77. The highest BCUT2D eigenvalue weighted by Gasteiger charge is 2.22. The van der Waals surface area contributed by atoms with Crippen LogP contribution in [-0.2, 0) is 4.79 Å². The summed E-state index contributed by atoms with van der Waals surface area (Å²) < 4.78 is 11.6. The Labute approximate surface area is 199 Å². The van der Waals surface area contributed by atoms with Crippen LogP contribution < -0.4 is 25.0 Å². The number of piperazine rings is 1. The van der Waals surface area contributed by atoms with Crippen molar-refractivity contribution in [3.8, 4) is 17.4 Å². The average molecular weight is 463 g/mol. The summed E-state index contributed by atoms with van der Waals surface area (Å²) in [5, 5.41) is 6.96. The first-order valence-electron chi connectivity index (χ1n) is 11.7. The molecule has 34 heavy (non-hydrogen) atoms. The van der Waals surface area contributed by atoms with Crippen LogP contribution in [0.1, 0.15) is 12.8 Å². The molecule has 1 aromatic heterocycles. The van der Waals surface area contributed by atoms with E-state index in [1.54, 1.807) is 7.11 Å². The third-order valence-corrected chi connectivity index (χ3v) is 6.33. The van der Waals surface area contributed by atoms with Crippen molar-refractivity contribution in [3.63, 3.8) is 0 Å². The van der Waals surface area contributed by atoms with Gasteiger partial charge >= 0.3 is 0 Å². The highest BCUT2D eigenvalue weighted by atomic mass is 16.5. The van der Waals surface area contributed by atoms with E-state index in [2.05, 4.69) is 32.5 Å². The van der Waals surface area contributed by atoms with E-state index in [9.17, 15) is 4.79 Å². The number of aromatic nitrogens is 2. The molecule has 2 fully saturated rings. The number of likely N-dealkylation sites (N-methyl/N-ethyl adjacent to an activating group) is 1. The molecule has 1 amide bonds.